The van der Waals surface area contributed by atoms with Gasteiger partial charge in [-0.2, -0.15) is 8.42 Å². The van der Waals surface area contributed by atoms with Gasteiger partial charge in [0.1, 0.15) is 11.2 Å². The Morgan fingerprint density at radius 1 is 1.17 bits per heavy atom. The van der Waals surface area contributed by atoms with Gasteiger partial charge in [0.25, 0.3) is 0 Å². The monoisotopic (exact) mass is 362 g/mol. The highest BCUT2D eigenvalue weighted by Gasteiger charge is 2.22. The molecule has 0 unspecified atom stereocenters. The molecule has 2 aliphatic rings. The molecule has 1 saturated heterocycles. The molecule has 2 aliphatic heterocycles. The van der Waals surface area contributed by atoms with E-state index >= 15 is 0 Å². The first-order valence-electron chi connectivity index (χ1n) is 7.79. The molecular weight excluding hydrogens is 347 g/mol. The quantitative estimate of drug-likeness (QED) is 0.774. The fourth-order valence-electron chi connectivity index (χ4n) is 3.22. The van der Waals surface area contributed by atoms with Gasteiger partial charge in [-0.15, -0.1) is 11.3 Å². The van der Waals surface area contributed by atoms with Crippen molar-refractivity contribution in [2.45, 2.75) is 19.4 Å². The van der Waals surface area contributed by atoms with E-state index in [2.05, 4.69) is 9.89 Å². The van der Waals surface area contributed by atoms with Crippen molar-refractivity contribution < 1.29 is 12.8 Å². The first-order valence-corrected chi connectivity index (χ1v) is 9.68. The fourth-order valence-corrected chi connectivity index (χ4v) is 4.95. The van der Waals surface area contributed by atoms with E-state index in [1.54, 1.807) is 23.5 Å². The van der Waals surface area contributed by atoms with Crippen LogP contribution in [0.5, 0.6) is 0 Å². The van der Waals surface area contributed by atoms with Crippen LogP contribution in [-0.2, 0) is 16.8 Å². The molecule has 1 aromatic heterocycles. The second kappa shape index (κ2) is 6.23. The van der Waals surface area contributed by atoms with Crippen molar-refractivity contribution in [2.24, 2.45) is 4.99 Å². The van der Waals surface area contributed by atoms with Crippen LogP contribution in [0.3, 0.4) is 0 Å². The van der Waals surface area contributed by atoms with Crippen molar-refractivity contribution in [2.75, 3.05) is 13.1 Å². The lowest BCUT2D eigenvalue weighted by Gasteiger charge is -2.12. The molecule has 1 fully saturated rings. The van der Waals surface area contributed by atoms with Gasteiger partial charge >= 0.3 is 0 Å². The molecule has 4 rings (SSSR count). The molecule has 1 aromatic carbocycles. The molecule has 0 amide bonds. The highest BCUT2D eigenvalue weighted by Crippen LogP contribution is 2.26. The summed E-state index contributed by atoms with van der Waals surface area (Å²) in [5.74, 6) is -0.501. The van der Waals surface area contributed by atoms with Crippen molar-refractivity contribution in [3.8, 4) is 0 Å². The molecule has 7 heteroatoms. The first-order chi connectivity index (χ1) is 11.6. The third kappa shape index (κ3) is 2.72. The summed E-state index contributed by atoms with van der Waals surface area (Å²) < 4.78 is 37.1. The minimum atomic E-state index is -2.51. The maximum atomic E-state index is 14.0. The fraction of sp³-hybridized carbons (Fsp3) is 0.294. The SMILES string of the molecule is O=S(=O)=C1N=c2c(F)cccc2=C1c1ccc(CN2CCCC2)s1. The van der Waals surface area contributed by atoms with Gasteiger partial charge in [-0.1, -0.05) is 12.1 Å². The minimum Gasteiger partial charge on any atom is -0.298 e. The van der Waals surface area contributed by atoms with Gasteiger partial charge in [0.2, 0.25) is 10.3 Å². The summed E-state index contributed by atoms with van der Waals surface area (Å²) in [5, 5.41) is 0.657. The van der Waals surface area contributed by atoms with Crippen LogP contribution >= 0.6 is 11.3 Å². The second-order valence-electron chi connectivity index (χ2n) is 5.91. The van der Waals surface area contributed by atoms with Crippen molar-refractivity contribution in [3.05, 3.63) is 56.5 Å². The number of para-hydroxylation sites is 1. The summed E-state index contributed by atoms with van der Waals surface area (Å²) in [6.45, 7) is 3.09. The van der Waals surface area contributed by atoms with Crippen LogP contribution in [0.15, 0.2) is 35.3 Å². The topological polar surface area (TPSA) is 49.7 Å². The summed E-state index contributed by atoms with van der Waals surface area (Å²) >= 11 is 1.55. The standard InChI is InChI=1S/C17H15FN2O2S2/c18-13-5-3-4-12-15(17(24(21)22)19-16(12)13)14-7-6-11(23-14)10-20-8-1-2-9-20/h3-7H,1-2,8-10H2. The zero-order valence-electron chi connectivity index (χ0n) is 12.8. The summed E-state index contributed by atoms with van der Waals surface area (Å²) in [6.07, 6.45) is 2.46. The van der Waals surface area contributed by atoms with E-state index in [1.165, 1.54) is 23.8 Å². The van der Waals surface area contributed by atoms with Gasteiger partial charge in [-0.05, 0) is 44.1 Å². The maximum absolute atomic E-state index is 14.0. The highest BCUT2D eigenvalue weighted by molar-refractivity contribution is 7.74. The third-order valence-corrected chi connectivity index (χ3v) is 6.03. The molecule has 3 heterocycles. The Bertz CT molecular complexity index is 1060. The number of likely N-dealkylation sites (tertiary alicyclic amines) is 1. The van der Waals surface area contributed by atoms with Crippen LogP contribution in [0.25, 0.3) is 5.57 Å². The predicted octanol–water partition coefficient (Wildman–Crippen LogP) is 1.32. The van der Waals surface area contributed by atoms with Crippen molar-refractivity contribution >= 4 is 32.2 Å². The summed E-state index contributed by atoms with van der Waals surface area (Å²) in [5.41, 5.74) is 0.510. The lowest BCUT2D eigenvalue weighted by atomic mass is 10.1. The van der Waals surface area contributed by atoms with E-state index in [-0.39, 0.29) is 10.3 Å². The number of thiophene rings is 1. The molecule has 0 bridgehead atoms. The first kappa shape index (κ1) is 15.7. The third-order valence-electron chi connectivity index (χ3n) is 4.33. The Hall–Kier alpha value is -1.83. The van der Waals surface area contributed by atoms with E-state index in [4.69, 9.17) is 0 Å². The summed E-state index contributed by atoms with van der Waals surface area (Å²) in [7, 11) is -2.51. The molecule has 0 aliphatic carbocycles. The van der Waals surface area contributed by atoms with Crippen molar-refractivity contribution in [1.29, 1.82) is 0 Å². The number of fused-ring (bicyclic) bond motifs is 1. The Balaban J connectivity index is 1.83. The molecule has 0 saturated carbocycles. The lowest BCUT2D eigenvalue weighted by molar-refractivity contribution is 0.334. The molecule has 4 nitrogen and oxygen atoms in total. The molecule has 0 spiro atoms. The Kier molecular flexibility index (Phi) is 4.07. The number of hydrogen-bond donors (Lipinski definition) is 0. The zero-order valence-corrected chi connectivity index (χ0v) is 14.5. The van der Waals surface area contributed by atoms with E-state index in [0.717, 1.165) is 24.5 Å². The van der Waals surface area contributed by atoms with Crippen LogP contribution in [-0.4, -0.2) is 31.4 Å². The zero-order chi connectivity index (χ0) is 16.7. The lowest BCUT2D eigenvalue weighted by Crippen LogP contribution is -2.26. The second-order valence-corrected chi connectivity index (χ2v) is 7.94. The van der Waals surface area contributed by atoms with Crippen molar-refractivity contribution in [1.82, 2.24) is 4.90 Å². The van der Waals surface area contributed by atoms with E-state index in [0.29, 0.717) is 10.8 Å². The van der Waals surface area contributed by atoms with Crippen LogP contribution in [0.1, 0.15) is 22.6 Å². The van der Waals surface area contributed by atoms with Gasteiger partial charge in [-0.25, -0.2) is 9.38 Å². The molecule has 0 N–H and O–H groups in total. The van der Waals surface area contributed by atoms with Crippen LogP contribution in [0.4, 0.5) is 4.39 Å². The number of halogens is 1. The largest absolute Gasteiger partial charge is 0.298 e. The average molecular weight is 362 g/mol. The average Bonchev–Trinajstić information content (AvgIpc) is 3.26. The van der Waals surface area contributed by atoms with Gasteiger partial charge < -0.3 is 0 Å². The molecule has 0 radical (unpaired) electrons. The smallest absolute Gasteiger partial charge is 0.241 e. The summed E-state index contributed by atoms with van der Waals surface area (Å²) in [6, 6.07) is 8.53. The molecule has 24 heavy (non-hydrogen) atoms. The Morgan fingerprint density at radius 3 is 2.71 bits per heavy atom. The van der Waals surface area contributed by atoms with Crippen LogP contribution < -0.4 is 10.6 Å². The molecule has 0 atom stereocenters. The summed E-state index contributed by atoms with van der Waals surface area (Å²) in [4.78, 5) is 8.32. The van der Waals surface area contributed by atoms with Gasteiger partial charge in [0.05, 0.1) is 0 Å². The predicted molar refractivity (Wildman–Crippen MR) is 92.4 cm³/mol. The Labute approximate surface area is 144 Å². The van der Waals surface area contributed by atoms with E-state index < -0.39 is 16.1 Å². The molecule has 124 valence electrons. The van der Waals surface area contributed by atoms with E-state index in [1.807, 2.05) is 12.1 Å². The molecule has 2 aromatic rings. The number of rotatable bonds is 3. The minimum absolute atomic E-state index is 0.0790. The number of hydrogen-bond acceptors (Lipinski definition) is 4. The van der Waals surface area contributed by atoms with Crippen LogP contribution in [0.2, 0.25) is 0 Å². The Morgan fingerprint density at radius 2 is 1.96 bits per heavy atom. The number of nitrogens with zero attached hydrogens (tertiary/aromatic N) is 2. The van der Waals surface area contributed by atoms with Gasteiger partial charge in [0, 0.05) is 27.1 Å². The van der Waals surface area contributed by atoms with Crippen LogP contribution in [0, 0.1) is 5.82 Å². The van der Waals surface area contributed by atoms with E-state index in [9.17, 15) is 12.8 Å². The van der Waals surface area contributed by atoms with Gasteiger partial charge in [0.15, 0.2) is 4.99 Å². The number of benzene rings is 1. The maximum Gasteiger partial charge on any atom is 0.241 e. The highest BCUT2D eigenvalue weighted by atomic mass is 32.2. The van der Waals surface area contributed by atoms with Crippen molar-refractivity contribution in [3.63, 3.8) is 0 Å². The molecular formula is C17H15FN2O2S2. The van der Waals surface area contributed by atoms with Gasteiger partial charge in [-0.3, -0.25) is 4.90 Å². The normalized spacial score (nSPS) is 17.2.